The van der Waals surface area contributed by atoms with Gasteiger partial charge in [0.05, 0.1) is 5.41 Å². The van der Waals surface area contributed by atoms with E-state index in [1.807, 2.05) is 0 Å². The van der Waals surface area contributed by atoms with E-state index in [1.54, 1.807) is 0 Å². The molecule has 0 aliphatic heterocycles. The average Bonchev–Trinajstić information content (AvgIpc) is 2.90. The molecule has 0 aromatic heterocycles. The van der Waals surface area contributed by atoms with E-state index < -0.39 is 11.4 Å². The van der Waals surface area contributed by atoms with Gasteiger partial charge >= 0.3 is 5.97 Å². The van der Waals surface area contributed by atoms with Crippen LogP contribution in [-0.2, 0) is 23.1 Å². The zero-order valence-electron chi connectivity index (χ0n) is 9.55. The summed E-state index contributed by atoms with van der Waals surface area (Å²) in [7, 11) is 0. The van der Waals surface area contributed by atoms with Gasteiger partial charge in [-0.25, -0.2) is 0 Å². The predicted molar refractivity (Wildman–Crippen MR) is 61.8 cm³/mol. The molecule has 1 fully saturated rings. The second kappa shape index (κ2) is 3.09. The molecular formula is C14H16O2. The molecule has 0 bridgehead atoms. The first-order valence-corrected chi connectivity index (χ1v) is 6.00. The summed E-state index contributed by atoms with van der Waals surface area (Å²) in [5.41, 5.74) is 4.68. The standard InChI is InChI=1S/C14H16O2/c1-9-5-6-12(11-4-2-3-10(9)11)14(7-8-14)13(15)16/h5-6H,2-4,7-8H2,1H3,(H,15,16). The van der Waals surface area contributed by atoms with Crippen molar-refractivity contribution in [1.82, 2.24) is 0 Å². The van der Waals surface area contributed by atoms with E-state index in [0.29, 0.717) is 0 Å². The second-order valence-corrected chi connectivity index (χ2v) is 5.13. The highest BCUT2D eigenvalue weighted by Gasteiger charge is 2.53. The molecule has 0 unspecified atom stereocenters. The number of aliphatic carboxylic acids is 1. The molecule has 1 N–H and O–H groups in total. The number of benzene rings is 1. The second-order valence-electron chi connectivity index (χ2n) is 5.13. The van der Waals surface area contributed by atoms with Gasteiger partial charge in [0, 0.05) is 0 Å². The number of rotatable bonds is 2. The number of carbonyl (C=O) groups is 1. The van der Waals surface area contributed by atoms with Crippen molar-refractivity contribution in [2.24, 2.45) is 0 Å². The van der Waals surface area contributed by atoms with E-state index in [2.05, 4.69) is 19.1 Å². The third kappa shape index (κ3) is 1.16. The molecule has 0 atom stereocenters. The van der Waals surface area contributed by atoms with Crippen LogP contribution in [0.1, 0.15) is 41.5 Å². The zero-order chi connectivity index (χ0) is 11.3. The lowest BCUT2D eigenvalue weighted by Gasteiger charge is -2.16. The molecule has 1 aromatic carbocycles. The molecule has 0 saturated heterocycles. The van der Waals surface area contributed by atoms with Gasteiger partial charge in [-0.3, -0.25) is 4.79 Å². The molecule has 1 aromatic rings. The van der Waals surface area contributed by atoms with Crippen molar-refractivity contribution >= 4 is 5.97 Å². The summed E-state index contributed by atoms with van der Waals surface area (Å²) in [4.78, 5) is 11.4. The largest absolute Gasteiger partial charge is 0.481 e. The van der Waals surface area contributed by atoms with Gasteiger partial charge in [0.1, 0.15) is 0 Å². The van der Waals surface area contributed by atoms with Gasteiger partial charge < -0.3 is 5.11 Å². The Kier molecular flexibility index (Phi) is 1.91. The summed E-state index contributed by atoms with van der Waals surface area (Å²) in [5, 5.41) is 9.36. The Hall–Kier alpha value is -1.31. The van der Waals surface area contributed by atoms with Crippen LogP contribution >= 0.6 is 0 Å². The van der Waals surface area contributed by atoms with Crippen molar-refractivity contribution in [3.05, 3.63) is 34.4 Å². The molecule has 2 aliphatic rings. The Morgan fingerprint density at radius 2 is 1.94 bits per heavy atom. The fourth-order valence-electron chi connectivity index (χ4n) is 3.06. The fraction of sp³-hybridized carbons (Fsp3) is 0.500. The maximum Gasteiger partial charge on any atom is 0.314 e. The van der Waals surface area contributed by atoms with E-state index in [4.69, 9.17) is 0 Å². The van der Waals surface area contributed by atoms with Gasteiger partial charge in [0.15, 0.2) is 0 Å². The minimum Gasteiger partial charge on any atom is -0.481 e. The Morgan fingerprint density at radius 1 is 1.25 bits per heavy atom. The van der Waals surface area contributed by atoms with Gasteiger partial charge in [-0.15, -0.1) is 0 Å². The van der Waals surface area contributed by atoms with Gasteiger partial charge in [0.25, 0.3) is 0 Å². The lowest BCUT2D eigenvalue weighted by atomic mass is 9.88. The molecule has 2 nitrogen and oxygen atoms in total. The van der Waals surface area contributed by atoms with Crippen LogP contribution in [0, 0.1) is 6.92 Å². The van der Waals surface area contributed by atoms with Crippen LogP contribution in [0.5, 0.6) is 0 Å². The van der Waals surface area contributed by atoms with Crippen molar-refractivity contribution < 1.29 is 9.90 Å². The summed E-state index contributed by atoms with van der Waals surface area (Å²) < 4.78 is 0. The molecule has 2 heteroatoms. The highest BCUT2D eigenvalue weighted by molar-refractivity contribution is 5.85. The number of fused-ring (bicyclic) bond motifs is 1. The summed E-state index contributed by atoms with van der Waals surface area (Å²) in [6.07, 6.45) is 5.02. The first-order chi connectivity index (χ1) is 7.65. The highest BCUT2D eigenvalue weighted by Crippen LogP contribution is 2.51. The molecule has 16 heavy (non-hydrogen) atoms. The first-order valence-electron chi connectivity index (χ1n) is 6.00. The Bertz CT molecular complexity index is 470. The van der Waals surface area contributed by atoms with Crippen LogP contribution in [0.3, 0.4) is 0 Å². The SMILES string of the molecule is Cc1ccc(C2(C(=O)O)CC2)c2c1CCC2. The van der Waals surface area contributed by atoms with Crippen LogP contribution in [0.4, 0.5) is 0 Å². The van der Waals surface area contributed by atoms with Gasteiger partial charge in [0.2, 0.25) is 0 Å². The number of hydrogen-bond acceptors (Lipinski definition) is 1. The van der Waals surface area contributed by atoms with E-state index in [-0.39, 0.29) is 0 Å². The lowest BCUT2D eigenvalue weighted by molar-refractivity contribution is -0.140. The third-order valence-electron chi connectivity index (χ3n) is 4.19. The van der Waals surface area contributed by atoms with Crippen LogP contribution in [-0.4, -0.2) is 11.1 Å². The quantitative estimate of drug-likeness (QED) is 0.825. The zero-order valence-corrected chi connectivity index (χ0v) is 9.55. The molecular weight excluding hydrogens is 200 g/mol. The van der Waals surface area contributed by atoms with Crippen LogP contribution in [0.15, 0.2) is 12.1 Å². The monoisotopic (exact) mass is 216 g/mol. The Morgan fingerprint density at radius 3 is 2.56 bits per heavy atom. The molecule has 84 valence electrons. The van der Waals surface area contributed by atoms with E-state index in [0.717, 1.165) is 31.2 Å². The minimum atomic E-state index is -0.634. The fourth-order valence-corrected chi connectivity index (χ4v) is 3.06. The van der Waals surface area contributed by atoms with Crippen LogP contribution in [0.2, 0.25) is 0 Å². The van der Waals surface area contributed by atoms with E-state index in [9.17, 15) is 9.90 Å². The lowest BCUT2D eigenvalue weighted by Crippen LogP contribution is -2.21. The van der Waals surface area contributed by atoms with Gasteiger partial charge in [-0.1, -0.05) is 12.1 Å². The van der Waals surface area contributed by atoms with Crippen molar-refractivity contribution in [2.75, 3.05) is 0 Å². The Balaban J connectivity index is 2.16. The average molecular weight is 216 g/mol. The van der Waals surface area contributed by atoms with Crippen molar-refractivity contribution in [3.8, 4) is 0 Å². The predicted octanol–water partition coefficient (Wildman–Crippen LogP) is 2.60. The smallest absolute Gasteiger partial charge is 0.314 e. The molecule has 0 amide bonds. The summed E-state index contributed by atoms with van der Waals surface area (Å²) in [6.45, 7) is 2.13. The molecule has 0 radical (unpaired) electrons. The number of hydrogen-bond donors (Lipinski definition) is 1. The van der Waals surface area contributed by atoms with Gasteiger partial charge in [-0.2, -0.15) is 0 Å². The molecule has 0 spiro atoms. The normalized spacial score (nSPS) is 20.6. The maximum absolute atomic E-state index is 11.4. The van der Waals surface area contributed by atoms with Crippen molar-refractivity contribution in [2.45, 2.75) is 44.4 Å². The van der Waals surface area contributed by atoms with Crippen molar-refractivity contribution in [1.29, 1.82) is 0 Å². The van der Waals surface area contributed by atoms with Crippen LogP contribution < -0.4 is 0 Å². The number of aryl methyl sites for hydroxylation is 1. The van der Waals surface area contributed by atoms with Crippen molar-refractivity contribution in [3.63, 3.8) is 0 Å². The van der Waals surface area contributed by atoms with Crippen LogP contribution in [0.25, 0.3) is 0 Å². The maximum atomic E-state index is 11.4. The topological polar surface area (TPSA) is 37.3 Å². The summed E-state index contributed by atoms with van der Waals surface area (Å²) in [6, 6.07) is 4.16. The van der Waals surface area contributed by atoms with Gasteiger partial charge in [-0.05, 0) is 61.3 Å². The number of carboxylic acids is 1. The third-order valence-corrected chi connectivity index (χ3v) is 4.19. The van der Waals surface area contributed by atoms with E-state index in [1.165, 1.54) is 23.1 Å². The Labute approximate surface area is 95.3 Å². The minimum absolute atomic E-state index is 0.526. The number of carboxylic acid groups (broad SMARTS) is 1. The summed E-state index contributed by atoms with van der Waals surface area (Å²) >= 11 is 0. The molecule has 0 heterocycles. The van der Waals surface area contributed by atoms with E-state index >= 15 is 0 Å². The summed E-state index contributed by atoms with van der Waals surface area (Å²) in [5.74, 6) is -0.634. The molecule has 3 rings (SSSR count). The molecule has 1 saturated carbocycles. The highest BCUT2D eigenvalue weighted by atomic mass is 16.4. The molecule has 2 aliphatic carbocycles. The first kappa shape index (κ1) is 9.88.